The van der Waals surface area contributed by atoms with E-state index in [4.69, 9.17) is 0 Å². The molecule has 1 N–H and O–H groups in total. The minimum Gasteiger partial charge on any atom is -0.393 e. The number of halogens is 1. The van der Waals surface area contributed by atoms with Crippen molar-refractivity contribution in [2.75, 3.05) is 0 Å². The van der Waals surface area contributed by atoms with Crippen LogP contribution in [0, 0.1) is 0 Å². The van der Waals surface area contributed by atoms with Crippen molar-refractivity contribution in [2.24, 2.45) is 0 Å². The average Bonchev–Trinajstić information content (AvgIpc) is 2.51. The first-order valence-corrected chi connectivity index (χ1v) is 6.35. The summed E-state index contributed by atoms with van der Waals surface area (Å²) < 4.78 is 1.22. The van der Waals surface area contributed by atoms with Crippen LogP contribution in [0.25, 0.3) is 0 Å². The number of hydrogen-bond acceptors (Lipinski definition) is 2. The third-order valence-electron chi connectivity index (χ3n) is 2.66. The van der Waals surface area contributed by atoms with Gasteiger partial charge in [0.1, 0.15) is 0 Å². The molecule has 2 atom stereocenters. The average molecular weight is 261 g/mol. The maximum atomic E-state index is 9.56. The Labute approximate surface area is 90.9 Å². The second-order valence-electron chi connectivity index (χ2n) is 3.65. The Morgan fingerprint density at radius 2 is 2.31 bits per heavy atom. The Balaban J connectivity index is 2.12. The fourth-order valence-corrected chi connectivity index (χ4v) is 3.85. The van der Waals surface area contributed by atoms with Crippen LogP contribution in [0.3, 0.4) is 0 Å². The second-order valence-corrected chi connectivity index (χ2v) is 5.45. The largest absolute Gasteiger partial charge is 0.393 e. The molecule has 0 radical (unpaired) electrons. The Hall–Kier alpha value is 0.140. The number of hydrogen-bond donors (Lipinski definition) is 1. The van der Waals surface area contributed by atoms with E-state index in [-0.39, 0.29) is 6.10 Å². The van der Waals surface area contributed by atoms with Crippen LogP contribution in [0.1, 0.15) is 36.5 Å². The molecule has 2 unspecified atom stereocenters. The molecule has 1 aromatic heterocycles. The topological polar surface area (TPSA) is 20.2 Å². The molecule has 1 saturated carbocycles. The van der Waals surface area contributed by atoms with E-state index in [2.05, 4.69) is 27.4 Å². The first-order valence-electron chi connectivity index (χ1n) is 4.68. The minimum atomic E-state index is -0.0762. The van der Waals surface area contributed by atoms with Crippen LogP contribution in [0.4, 0.5) is 0 Å². The predicted octanol–water partition coefficient (Wildman–Crippen LogP) is 3.53. The Morgan fingerprint density at radius 1 is 1.46 bits per heavy atom. The highest BCUT2D eigenvalue weighted by molar-refractivity contribution is 9.10. The SMILES string of the molecule is OC1CCCC(c2sccc2Br)C1. The van der Waals surface area contributed by atoms with E-state index in [1.54, 1.807) is 11.3 Å². The van der Waals surface area contributed by atoms with Crippen LogP contribution in [0.15, 0.2) is 15.9 Å². The molecule has 1 aromatic rings. The zero-order valence-electron chi connectivity index (χ0n) is 7.37. The van der Waals surface area contributed by atoms with Crippen molar-refractivity contribution in [3.8, 4) is 0 Å². The van der Waals surface area contributed by atoms with Gasteiger partial charge in [-0.15, -0.1) is 11.3 Å². The van der Waals surface area contributed by atoms with Gasteiger partial charge in [-0.2, -0.15) is 0 Å². The molecule has 3 heteroatoms. The molecular formula is C10H13BrOS. The van der Waals surface area contributed by atoms with Crippen LogP contribution < -0.4 is 0 Å². The van der Waals surface area contributed by atoms with E-state index in [1.807, 2.05) is 0 Å². The molecule has 0 amide bonds. The summed E-state index contributed by atoms with van der Waals surface area (Å²) in [6.07, 6.45) is 4.25. The molecule has 1 nitrogen and oxygen atoms in total. The van der Waals surface area contributed by atoms with Gasteiger partial charge in [-0.3, -0.25) is 0 Å². The normalized spacial score (nSPS) is 29.1. The zero-order chi connectivity index (χ0) is 9.26. The molecule has 1 heterocycles. The Morgan fingerprint density at radius 3 is 2.92 bits per heavy atom. The van der Waals surface area contributed by atoms with Crippen molar-refractivity contribution in [1.29, 1.82) is 0 Å². The van der Waals surface area contributed by atoms with E-state index in [1.165, 1.54) is 15.8 Å². The summed E-state index contributed by atoms with van der Waals surface area (Å²) in [5.41, 5.74) is 0. The van der Waals surface area contributed by atoms with Crippen molar-refractivity contribution in [1.82, 2.24) is 0 Å². The van der Waals surface area contributed by atoms with Crippen molar-refractivity contribution < 1.29 is 5.11 Å². The highest BCUT2D eigenvalue weighted by Crippen LogP contribution is 2.39. The highest BCUT2D eigenvalue weighted by Gasteiger charge is 2.23. The van der Waals surface area contributed by atoms with Gasteiger partial charge in [0.05, 0.1) is 6.10 Å². The van der Waals surface area contributed by atoms with Gasteiger partial charge in [0.25, 0.3) is 0 Å². The third-order valence-corrected chi connectivity index (χ3v) is 4.70. The smallest absolute Gasteiger partial charge is 0.0546 e. The van der Waals surface area contributed by atoms with Crippen LogP contribution in [-0.4, -0.2) is 11.2 Å². The maximum Gasteiger partial charge on any atom is 0.0546 e. The van der Waals surface area contributed by atoms with Gasteiger partial charge in [-0.1, -0.05) is 6.42 Å². The van der Waals surface area contributed by atoms with Crippen molar-refractivity contribution in [3.05, 3.63) is 20.8 Å². The number of aliphatic hydroxyl groups is 1. The second kappa shape index (κ2) is 4.11. The van der Waals surface area contributed by atoms with Gasteiger partial charge in [-0.25, -0.2) is 0 Å². The number of thiophene rings is 1. The number of aliphatic hydroxyl groups excluding tert-OH is 1. The first kappa shape index (κ1) is 9.69. The first-order chi connectivity index (χ1) is 6.27. The van der Waals surface area contributed by atoms with Gasteiger partial charge in [0.15, 0.2) is 0 Å². The molecule has 1 aliphatic carbocycles. The summed E-state index contributed by atoms with van der Waals surface area (Å²) in [4.78, 5) is 1.42. The van der Waals surface area contributed by atoms with E-state index < -0.39 is 0 Å². The summed E-state index contributed by atoms with van der Waals surface area (Å²) in [6.45, 7) is 0. The zero-order valence-corrected chi connectivity index (χ0v) is 9.77. The van der Waals surface area contributed by atoms with Gasteiger partial charge < -0.3 is 5.11 Å². The monoisotopic (exact) mass is 260 g/mol. The van der Waals surface area contributed by atoms with E-state index in [0.717, 1.165) is 19.3 Å². The number of rotatable bonds is 1. The van der Waals surface area contributed by atoms with Crippen LogP contribution in [-0.2, 0) is 0 Å². The molecule has 0 aromatic carbocycles. The van der Waals surface area contributed by atoms with E-state index in [9.17, 15) is 5.11 Å². The molecule has 13 heavy (non-hydrogen) atoms. The van der Waals surface area contributed by atoms with Crippen LogP contribution in [0.2, 0.25) is 0 Å². The quantitative estimate of drug-likeness (QED) is 0.819. The highest BCUT2D eigenvalue weighted by atomic mass is 79.9. The molecule has 0 bridgehead atoms. The van der Waals surface area contributed by atoms with E-state index >= 15 is 0 Å². The molecule has 1 fully saturated rings. The molecular weight excluding hydrogens is 248 g/mol. The Kier molecular flexibility index (Phi) is 3.06. The molecule has 1 aliphatic rings. The summed E-state index contributed by atoms with van der Waals surface area (Å²) >= 11 is 5.35. The summed E-state index contributed by atoms with van der Waals surface area (Å²) in [5, 5.41) is 11.7. The molecule has 0 saturated heterocycles. The van der Waals surface area contributed by atoms with Crippen molar-refractivity contribution in [2.45, 2.75) is 37.7 Å². The van der Waals surface area contributed by atoms with Gasteiger partial charge in [-0.05, 0) is 52.6 Å². The lowest BCUT2D eigenvalue weighted by atomic mass is 9.86. The summed E-state index contributed by atoms with van der Waals surface area (Å²) in [5.74, 6) is 0.582. The maximum absolute atomic E-state index is 9.56. The van der Waals surface area contributed by atoms with E-state index in [0.29, 0.717) is 5.92 Å². The fourth-order valence-electron chi connectivity index (χ4n) is 2.00. The van der Waals surface area contributed by atoms with Crippen LogP contribution in [0.5, 0.6) is 0 Å². The standard InChI is InChI=1S/C10H13BrOS/c11-9-4-5-13-10(9)7-2-1-3-8(12)6-7/h4-5,7-8,12H,1-3,6H2. The predicted molar refractivity (Wildman–Crippen MR) is 59.2 cm³/mol. The van der Waals surface area contributed by atoms with Crippen LogP contribution >= 0.6 is 27.3 Å². The van der Waals surface area contributed by atoms with Crippen molar-refractivity contribution >= 4 is 27.3 Å². The van der Waals surface area contributed by atoms with Gasteiger partial charge >= 0.3 is 0 Å². The summed E-state index contributed by atoms with van der Waals surface area (Å²) in [7, 11) is 0. The van der Waals surface area contributed by atoms with Gasteiger partial charge in [0.2, 0.25) is 0 Å². The molecule has 0 aliphatic heterocycles. The molecule has 0 spiro atoms. The third kappa shape index (κ3) is 2.14. The fraction of sp³-hybridized carbons (Fsp3) is 0.600. The summed E-state index contributed by atoms with van der Waals surface area (Å²) in [6, 6.07) is 2.10. The molecule has 2 rings (SSSR count). The lowest BCUT2D eigenvalue weighted by Gasteiger charge is -2.25. The Bertz CT molecular complexity index is 284. The lowest BCUT2D eigenvalue weighted by molar-refractivity contribution is 0.120. The molecule has 72 valence electrons. The van der Waals surface area contributed by atoms with Gasteiger partial charge in [0, 0.05) is 9.35 Å². The minimum absolute atomic E-state index is 0.0762. The lowest BCUT2D eigenvalue weighted by Crippen LogP contribution is -2.17. The van der Waals surface area contributed by atoms with Crippen molar-refractivity contribution in [3.63, 3.8) is 0 Å².